The minimum atomic E-state index is 0. The highest BCUT2D eigenvalue weighted by Crippen LogP contribution is 2.33. The number of aromatic nitrogens is 1. The molecule has 3 rings (SSSR count). The average Bonchev–Trinajstić information content (AvgIpc) is 2.24. The number of fused-ring (bicyclic) bond motifs is 4. The summed E-state index contributed by atoms with van der Waals surface area (Å²) < 4.78 is 2.00. The molecule has 88 valence electrons. The number of hydrogen-bond acceptors (Lipinski definition) is 2. The Morgan fingerprint density at radius 2 is 2.19 bits per heavy atom. The number of pyridine rings is 1. The summed E-state index contributed by atoms with van der Waals surface area (Å²) in [7, 11) is 0. The van der Waals surface area contributed by atoms with Crippen LogP contribution in [0.3, 0.4) is 0 Å². The SMILES string of the molecule is Cc1ccc(=O)n2c1C1CNCC(C1)C2.Cl. The van der Waals surface area contributed by atoms with Crippen molar-refractivity contribution >= 4 is 12.4 Å². The molecule has 16 heavy (non-hydrogen) atoms. The topological polar surface area (TPSA) is 34.0 Å². The largest absolute Gasteiger partial charge is 0.316 e. The van der Waals surface area contributed by atoms with Gasteiger partial charge in [0.1, 0.15) is 0 Å². The van der Waals surface area contributed by atoms with E-state index in [1.807, 2.05) is 10.6 Å². The summed E-state index contributed by atoms with van der Waals surface area (Å²) in [6.07, 6.45) is 1.25. The number of nitrogens with one attached hydrogen (secondary N) is 1. The van der Waals surface area contributed by atoms with Gasteiger partial charge in [-0.15, -0.1) is 12.4 Å². The third-order valence-corrected chi connectivity index (χ3v) is 3.71. The van der Waals surface area contributed by atoms with E-state index < -0.39 is 0 Å². The standard InChI is InChI=1S/C12H16N2O.ClH/c1-8-2-3-11(15)14-7-9-4-10(12(8)14)6-13-5-9;/h2-3,9-10,13H,4-7H2,1H3;1H. The normalized spacial score (nSPS) is 26.8. The van der Waals surface area contributed by atoms with Crippen LogP contribution >= 0.6 is 12.4 Å². The van der Waals surface area contributed by atoms with Gasteiger partial charge >= 0.3 is 0 Å². The van der Waals surface area contributed by atoms with Crippen LogP contribution in [0.2, 0.25) is 0 Å². The van der Waals surface area contributed by atoms with Gasteiger partial charge in [-0.25, -0.2) is 0 Å². The molecule has 2 unspecified atom stereocenters. The van der Waals surface area contributed by atoms with Gasteiger partial charge in [-0.05, 0) is 31.4 Å². The molecule has 0 aliphatic carbocycles. The number of aryl methyl sites for hydroxylation is 1. The zero-order chi connectivity index (χ0) is 10.4. The molecule has 0 radical (unpaired) electrons. The third-order valence-electron chi connectivity index (χ3n) is 3.71. The van der Waals surface area contributed by atoms with Crippen molar-refractivity contribution in [2.45, 2.75) is 25.8 Å². The Morgan fingerprint density at radius 1 is 1.38 bits per heavy atom. The first-order chi connectivity index (χ1) is 7.25. The minimum Gasteiger partial charge on any atom is -0.316 e. The van der Waals surface area contributed by atoms with Crippen LogP contribution in [0, 0.1) is 12.8 Å². The quantitative estimate of drug-likeness (QED) is 0.742. The molecule has 1 aromatic rings. The number of nitrogens with zero attached hydrogens (tertiary/aromatic N) is 1. The Hall–Kier alpha value is -0.800. The van der Waals surface area contributed by atoms with E-state index in [-0.39, 0.29) is 18.0 Å². The predicted octanol–water partition coefficient (Wildman–Crippen LogP) is 1.29. The van der Waals surface area contributed by atoms with Crippen molar-refractivity contribution in [3.63, 3.8) is 0 Å². The smallest absolute Gasteiger partial charge is 0.250 e. The van der Waals surface area contributed by atoms with E-state index in [1.54, 1.807) is 6.07 Å². The fourth-order valence-electron chi connectivity index (χ4n) is 3.07. The lowest BCUT2D eigenvalue weighted by atomic mass is 9.83. The molecular weight excluding hydrogens is 224 g/mol. The van der Waals surface area contributed by atoms with Gasteiger partial charge < -0.3 is 9.88 Å². The molecule has 2 aliphatic heterocycles. The maximum atomic E-state index is 11.8. The molecule has 4 heteroatoms. The van der Waals surface area contributed by atoms with Crippen molar-refractivity contribution in [2.24, 2.45) is 5.92 Å². The molecule has 1 aromatic heterocycles. The molecule has 3 nitrogen and oxygen atoms in total. The number of rotatable bonds is 0. The van der Waals surface area contributed by atoms with Gasteiger partial charge in [-0.1, -0.05) is 6.07 Å². The van der Waals surface area contributed by atoms with Crippen molar-refractivity contribution in [1.82, 2.24) is 9.88 Å². The van der Waals surface area contributed by atoms with Crippen molar-refractivity contribution in [1.29, 1.82) is 0 Å². The lowest BCUT2D eigenvalue weighted by Crippen LogP contribution is -2.45. The summed E-state index contributed by atoms with van der Waals surface area (Å²) in [5, 5.41) is 3.46. The van der Waals surface area contributed by atoms with E-state index in [0.29, 0.717) is 11.8 Å². The van der Waals surface area contributed by atoms with Gasteiger partial charge in [-0.3, -0.25) is 4.79 Å². The van der Waals surface area contributed by atoms with Crippen LogP contribution in [-0.4, -0.2) is 17.7 Å². The monoisotopic (exact) mass is 240 g/mol. The Kier molecular flexibility index (Phi) is 3.08. The zero-order valence-corrected chi connectivity index (χ0v) is 10.2. The molecule has 2 bridgehead atoms. The Balaban J connectivity index is 0.000000963. The molecular formula is C12H17ClN2O. The molecule has 1 fully saturated rings. The van der Waals surface area contributed by atoms with Crippen LogP contribution in [0.15, 0.2) is 16.9 Å². The third kappa shape index (κ3) is 1.68. The van der Waals surface area contributed by atoms with Crippen molar-refractivity contribution in [3.8, 4) is 0 Å². The van der Waals surface area contributed by atoms with Crippen molar-refractivity contribution in [3.05, 3.63) is 33.7 Å². The maximum Gasteiger partial charge on any atom is 0.250 e. The Morgan fingerprint density at radius 3 is 3.00 bits per heavy atom. The van der Waals surface area contributed by atoms with Gasteiger partial charge in [0.05, 0.1) is 0 Å². The average molecular weight is 241 g/mol. The molecule has 0 amide bonds. The highest BCUT2D eigenvalue weighted by Gasteiger charge is 2.31. The molecule has 0 spiro atoms. The Bertz CT molecular complexity index is 455. The maximum absolute atomic E-state index is 11.8. The summed E-state index contributed by atoms with van der Waals surface area (Å²) in [5.41, 5.74) is 2.71. The second-order valence-corrected chi connectivity index (χ2v) is 4.81. The molecule has 1 saturated heterocycles. The van der Waals surface area contributed by atoms with Gasteiger partial charge in [0, 0.05) is 30.8 Å². The predicted molar refractivity (Wildman–Crippen MR) is 66.4 cm³/mol. The summed E-state index contributed by atoms with van der Waals surface area (Å²) >= 11 is 0. The lowest BCUT2D eigenvalue weighted by molar-refractivity contribution is 0.256. The summed E-state index contributed by atoms with van der Waals surface area (Å²) in [6.45, 7) is 5.11. The van der Waals surface area contributed by atoms with E-state index in [9.17, 15) is 4.79 Å². The molecule has 0 saturated carbocycles. The van der Waals surface area contributed by atoms with E-state index >= 15 is 0 Å². The van der Waals surface area contributed by atoms with Gasteiger partial charge in [0.25, 0.3) is 5.56 Å². The molecule has 0 aromatic carbocycles. The zero-order valence-electron chi connectivity index (χ0n) is 9.40. The van der Waals surface area contributed by atoms with E-state index in [2.05, 4.69) is 12.2 Å². The molecule has 1 N–H and O–H groups in total. The fourth-order valence-corrected chi connectivity index (χ4v) is 3.07. The van der Waals surface area contributed by atoms with Crippen LogP contribution in [0.5, 0.6) is 0 Å². The first-order valence-corrected chi connectivity index (χ1v) is 5.67. The van der Waals surface area contributed by atoms with Crippen LogP contribution in [0.1, 0.15) is 23.6 Å². The van der Waals surface area contributed by atoms with E-state index in [0.717, 1.165) is 19.6 Å². The highest BCUT2D eigenvalue weighted by molar-refractivity contribution is 5.85. The first kappa shape index (κ1) is 11.7. The minimum absolute atomic E-state index is 0. The number of halogens is 1. The summed E-state index contributed by atoms with van der Waals surface area (Å²) in [5.74, 6) is 1.20. The summed E-state index contributed by atoms with van der Waals surface area (Å²) in [4.78, 5) is 11.8. The first-order valence-electron chi connectivity index (χ1n) is 5.67. The van der Waals surface area contributed by atoms with Crippen LogP contribution in [-0.2, 0) is 6.54 Å². The van der Waals surface area contributed by atoms with E-state index in [4.69, 9.17) is 0 Å². The second kappa shape index (κ2) is 4.22. The fraction of sp³-hybridized carbons (Fsp3) is 0.583. The molecule has 2 atom stereocenters. The van der Waals surface area contributed by atoms with Crippen LogP contribution < -0.4 is 10.9 Å². The van der Waals surface area contributed by atoms with Gasteiger partial charge in [-0.2, -0.15) is 0 Å². The molecule has 2 aliphatic rings. The highest BCUT2D eigenvalue weighted by atomic mass is 35.5. The number of piperidine rings is 1. The van der Waals surface area contributed by atoms with Crippen LogP contribution in [0.25, 0.3) is 0 Å². The second-order valence-electron chi connectivity index (χ2n) is 4.81. The number of hydrogen-bond donors (Lipinski definition) is 1. The van der Waals surface area contributed by atoms with E-state index in [1.165, 1.54) is 17.7 Å². The summed E-state index contributed by atoms with van der Waals surface area (Å²) in [6, 6.07) is 3.66. The van der Waals surface area contributed by atoms with Gasteiger partial charge in [0.15, 0.2) is 0 Å². The van der Waals surface area contributed by atoms with Crippen molar-refractivity contribution in [2.75, 3.05) is 13.1 Å². The van der Waals surface area contributed by atoms with Gasteiger partial charge in [0.2, 0.25) is 0 Å². The van der Waals surface area contributed by atoms with Crippen molar-refractivity contribution < 1.29 is 0 Å². The molecule has 3 heterocycles. The lowest BCUT2D eigenvalue weighted by Gasteiger charge is -2.38. The Labute approximate surface area is 101 Å². The van der Waals surface area contributed by atoms with Crippen LogP contribution in [0.4, 0.5) is 0 Å².